The fourth-order valence-corrected chi connectivity index (χ4v) is 2.54. The molecular formula is C15H23NO3. The van der Waals surface area contributed by atoms with E-state index in [1.165, 1.54) is 0 Å². The molecule has 1 fully saturated rings. The molecule has 1 aliphatic carbocycles. The van der Waals surface area contributed by atoms with Crippen LogP contribution in [0.2, 0.25) is 0 Å². The minimum atomic E-state index is -0.133. The second-order valence-electron chi connectivity index (χ2n) is 5.06. The molecule has 1 aromatic rings. The maximum atomic E-state index is 9.49. The summed E-state index contributed by atoms with van der Waals surface area (Å²) in [6.45, 7) is 2.51. The van der Waals surface area contributed by atoms with Gasteiger partial charge in [0.25, 0.3) is 0 Å². The van der Waals surface area contributed by atoms with E-state index >= 15 is 0 Å². The fourth-order valence-electron chi connectivity index (χ4n) is 2.54. The Morgan fingerprint density at radius 3 is 2.63 bits per heavy atom. The molecule has 4 heteroatoms. The molecule has 106 valence electrons. The van der Waals surface area contributed by atoms with E-state index in [-0.39, 0.29) is 12.7 Å². The highest BCUT2D eigenvalue weighted by Crippen LogP contribution is 2.26. The van der Waals surface area contributed by atoms with Crippen LogP contribution >= 0.6 is 0 Å². The summed E-state index contributed by atoms with van der Waals surface area (Å²) in [5.41, 5.74) is 1.82. The average molecular weight is 265 g/mol. The van der Waals surface area contributed by atoms with Gasteiger partial charge in [-0.15, -0.1) is 0 Å². The first kappa shape index (κ1) is 14.2. The number of ether oxygens (including phenoxy) is 1. The van der Waals surface area contributed by atoms with Gasteiger partial charge in [-0.25, -0.2) is 0 Å². The van der Waals surface area contributed by atoms with Gasteiger partial charge in [0.1, 0.15) is 5.75 Å². The first-order chi connectivity index (χ1) is 9.22. The lowest BCUT2D eigenvalue weighted by Gasteiger charge is -2.27. The zero-order chi connectivity index (χ0) is 13.7. The molecule has 0 radical (unpaired) electrons. The lowest BCUT2D eigenvalue weighted by molar-refractivity contribution is 0.126. The van der Waals surface area contributed by atoms with Gasteiger partial charge in [-0.1, -0.05) is 0 Å². The Kier molecular flexibility index (Phi) is 5.05. The smallest absolute Gasteiger partial charge is 0.124 e. The van der Waals surface area contributed by atoms with Crippen LogP contribution in [0, 0.1) is 0 Å². The number of hydrogen-bond acceptors (Lipinski definition) is 4. The maximum absolute atomic E-state index is 9.49. The number of benzene rings is 1. The zero-order valence-electron chi connectivity index (χ0n) is 11.4. The van der Waals surface area contributed by atoms with Crippen LogP contribution < -0.4 is 10.1 Å². The monoisotopic (exact) mass is 265 g/mol. The Labute approximate surface area is 114 Å². The van der Waals surface area contributed by atoms with Gasteiger partial charge in [0.15, 0.2) is 0 Å². The third-order valence-electron chi connectivity index (χ3n) is 3.60. The second-order valence-corrected chi connectivity index (χ2v) is 5.06. The predicted molar refractivity (Wildman–Crippen MR) is 75.4 cm³/mol. The predicted octanol–water partition coefficient (Wildman–Crippen LogP) is 2.29. The van der Waals surface area contributed by atoms with Crippen molar-refractivity contribution in [3.8, 4) is 5.75 Å². The Balaban J connectivity index is 2.00. The molecule has 0 aromatic heterocycles. The molecule has 0 saturated heterocycles. The van der Waals surface area contributed by atoms with Crippen molar-refractivity contribution in [2.75, 3.05) is 11.9 Å². The Bertz CT molecular complexity index is 400. The van der Waals surface area contributed by atoms with Crippen molar-refractivity contribution < 1.29 is 14.9 Å². The summed E-state index contributed by atoms with van der Waals surface area (Å²) in [5.74, 6) is 0.745. The number of rotatable bonds is 5. The minimum Gasteiger partial charge on any atom is -0.494 e. The third kappa shape index (κ3) is 3.85. The summed E-state index contributed by atoms with van der Waals surface area (Å²) >= 11 is 0. The maximum Gasteiger partial charge on any atom is 0.124 e. The molecule has 2 rings (SSSR count). The van der Waals surface area contributed by atoms with Crippen molar-refractivity contribution in [2.45, 2.75) is 51.4 Å². The van der Waals surface area contributed by atoms with Crippen LogP contribution in [0.3, 0.4) is 0 Å². The van der Waals surface area contributed by atoms with Crippen LogP contribution in [0.15, 0.2) is 18.2 Å². The van der Waals surface area contributed by atoms with Crippen LogP contribution in [0.25, 0.3) is 0 Å². The molecule has 3 N–H and O–H groups in total. The summed E-state index contributed by atoms with van der Waals surface area (Å²) in [5, 5.41) is 22.3. The topological polar surface area (TPSA) is 61.7 Å². The van der Waals surface area contributed by atoms with Gasteiger partial charge < -0.3 is 20.3 Å². The molecule has 19 heavy (non-hydrogen) atoms. The van der Waals surface area contributed by atoms with Crippen molar-refractivity contribution in [2.24, 2.45) is 0 Å². The van der Waals surface area contributed by atoms with Crippen LogP contribution in [-0.4, -0.2) is 29.0 Å². The first-order valence-corrected chi connectivity index (χ1v) is 7.04. The van der Waals surface area contributed by atoms with E-state index < -0.39 is 0 Å². The van der Waals surface area contributed by atoms with Crippen LogP contribution in [-0.2, 0) is 6.61 Å². The molecule has 1 saturated carbocycles. The third-order valence-corrected chi connectivity index (χ3v) is 3.60. The Hall–Kier alpha value is -1.26. The van der Waals surface area contributed by atoms with E-state index in [9.17, 15) is 10.2 Å². The van der Waals surface area contributed by atoms with Crippen molar-refractivity contribution in [3.63, 3.8) is 0 Å². The van der Waals surface area contributed by atoms with Crippen LogP contribution in [0.5, 0.6) is 5.75 Å². The van der Waals surface area contributed by atoms with Crippen molar-refractivity contribution >= 4 is 5.69 Å². The zero-order valence-corrected chi connectivity index (χ0v) is 11.4. The Morgan fingerprint density at radius 2 is 2.00 bits per heavy atom. The van der Waals surface area contributed by atoms with Gasteiger partial charge in [0.2, 0.25) is 0 Å². The van der Waals surface area contributed by atoms with Crippen molar-refractivity contribution in [1.29, 1.82) is 0 Å². The number of hydrogen-bond donors (Lipinski definition) is 3. The molecule has 0 amide bonds. The van der Waals surface area contributed by atoms with E-state index in [1.54, 1.807) is 0 Å². The standard InChI is InChI=1S/C15H23NO3/c1-2-19-15-8-5-13(9-11(15)10-17)16-12-3-6-14(18)7-4-12/h5,8-9,12,14,16-18H,2-4,6-7,10H2,1H3. The van der Waals surface area contributed by atoms with Crippen LogP contribution in [0.4, 0.5) is 5.69 Å². The normalized spacial score (nSPS) is 23.1. The van der Waals surface area contributed by atoms with E-state index in [1.807, 2.05) is 25.1 Å². The van der Waals surface area contributed by atoms with Gasteiger partial charge in [-0.2, -0.15) is 0 Å². The Morgan fingerprint density at radius 1 is 1.26 bits per heavy atom. The fraction of sp³-hybridized carbons (Fsp3) is 0.600. The molecule has 4 nitrogen and oxygen atoms in total. The van der Waals surface area contributed by atoms with E-state index in [4.69, 9.17) is 4.74 Å². The summed E-state index contributed by atoms with van der Waals surface area (Å²) < 4.78 is 5.47. The van der Waals surface area contributed by atoms with E-state index in [0.717, 1.165) is 42.7 Å². The SMILES string of the molecule is CCOc1ccc(NC2CCC(O)CC2)cc1CO. The molecule has 0 bridgehead atoms. The number of nitrogens with one attached hydrogen (secondary N) is 1. The largest absolute Gasteiger partial charge is 0.494 e. The summed E-state index contributed by atoms with van der Waals surface area (Å²) in [4.78, 5) is 0. The van der Waals surface area contributed by atoms with Crippen molar-refractivity contribution in [1.82, 2.24) is 0 Å². The summed E-state index contributed by atoms with van der Waals surface area (Å²) in [6.07, 6.45) is 3.57. The lowest BCUT2D eigenvalue weighted by atomic mass is 9.93. The van der Waals surface area contributed by atoms with E-state index in [0.29, 0.717) is 12.6 Å². The molecule has 1 aromatic carbocycles. The summed E-state index contributed by atoms with van der Waals surface area (Å²) in [7, 11) is 0. The van der Waals surface area contributed by atoms with Gasteiger partial charge in [0.05, 0.1) is 19.3 Å². The molecule has 0 unspecified atom stereocenters. The number of anilines is 1. The minimum absolute atomic E-state index is 0.0196. The average Bonchev–Trinajstić information content (AvgIpc) is 2.43. The van der Waals surface area contributed by atoms with Gasteiger partial charge in [-0.3, -0.25) is 0 Å². The van der Waals surface area contributed by atoms with Gasteiger partial charge in [-0.05, 0) is 50.8 Å². The number of aliphatic hydroxyl groups excluding tert-OH is 2. The van der Waals surface area contributed by atoms with Gasteiger partial charge >= 0.3 is 0 Å². The summed E-state index contributed by atoms with van der Waals surface area (Å²) in [6, 6.07) is 6.23. The number of aliphatic hydroxyl groups is 2. The highest BCUT2D eigenvalue weighted by atomic mass is 16.5. The van der Waals surface area contributed by atoms with E-state index in [2.05, 4.69) is 5.32 Å². The van der Waals surface area contributed by atoms with Gasteiger partial charge in [0, 0.05) is 17.3 Å². The molecule has 0 atom stereocenters. The first-order valence-electron chi connectivity index (χ1n) is 7.04. The molecule has 0 spiro atoms. The highest BCUT2D eigenvalue weighted by Gasteiger charge is 2.19. The highest BCUT2D eigenvalue weighted by molar-refractivity contribution is 5.51. The molecule has 1 aliphatic rings. The van der Waals surface area contributed by atoms with Crippen LogP contribution in [0.1, 0.15) is 38.2 Å². The molecule has 0 heterocycles. The quantitative estimate of drug-likeness (QED) is 0.764. The second kappa shape index (κ2) is 6.78. The molecular weight excluding hydrogens is 242 g/mol. The van der Waals surface area contributed by atoms with Crippen molar-refractivity contribution in [3.05, 3.63) is 23.8 Å². The lowest BCUT2D eigenvalue weighted by Crippen LogP contribution is -2.28. The molecule has 0 aliphatic heterocycles.